The van der Waals surface area contributed by atoms with Gasteiger partial charge < -0.3 is 10.0 Å². The molecule has 1 amide bonds. The molecule has 1 fully saturated rings. The van der Waals surface area contributed by atoms with E-state index in [2.05, 4.69) is 10.1 Å². The summed E-state index contributed by atoms with van der Waals surface area (Å²) >= 11 is 0. The second-order valence-electron chi connectivity index (χ2n) is 6.99. The fraction of sp³-hybridized carbons (Fsp3) is 0.500. The van der Waals surface area contributed by atoms with Crippen molar-refractivity contribution in [2.24, 2.45) is 0 Å². The van der Waals surface area contributed by atoms with Gasteiger partial charge in [-0.2, -0.15) is 18.3 Å². The van der Waals surface area contributed by atoms with Crippen LogP contribution in [0.15, 0.2) is 18.3 Å². The Morgan fingerprint density at radius 1 is 1.22 bits per heavy atom. The molecule has 0 radical (unpaired) electrons. The number of alkyl halides is 3. The zero-order valence-corrected chi connectivity index (χ0v) is 14.5. The third kappa shape index (κ3) is 3.31. The van der Waals surface area contributed by atoms with Crippen LogP contribution in [0.4, 0.5) is 13.2 Å². The minimum atomic E-state index is -4.49. The zero-order chi connectivity index (χ0) is 19.2. The molecule has 0 bridgehead atoms. The molecule has 0 aromatic carbocycles. The highest BCUT2D eigenvalue weighted by molar-refractivity contribution is 5.92. The summed E-state index contributed by atoms with van der Waals surface area (Å²) in [6, 6.07) is 3.06. The number of aliphatic hydroxyl groups is 1. The van der Waals surface area contributed by atoms with Crippen molar-refractivity contribution in [2.45, 2.75) is 44.4 Å². The standard InChI is InChI=1S/C18H19F3N4O2/c19-18(20,21)16-13-3-1-2-4-15(13)25(23-16)11-5-6-14(22-9-11)17(27)24-8-7-12(26)10-24/h5-6,9,12,26H,1-4,7-8,10H2. The predicted molar refractivity (Wildman–Crippen MR) is 89.5 cm³/mol. The molecule has 3 heterocycles. The van der Waals surface area contributed by atoms with Crippen LogP contribution in [0.5, 0.6) is 0 Å². The lowest BCUT2D eigenvalue weighted by Crippen LogP contribution is -2.30. The Bertz CT molecular complexity index is 861. The Labute approximate surface area is 153 Å². The number of likely N-dealkylation sites (tertiary alicyclic amines) is 1. The number of carbonyl (C=O) groups excluding carboxylic acids is 1. The summed E-state index contributed by atoms with van der Waals surface area (Å²) in [4.78, 5) is 18.0. The van der Waals surface area contributed by atoms with E-state index in [0.29, 0.717) is 37.2 Å². The van der Waals surface area contributed by atoms with Gasteiger partial charge in [-0.1, -0.05) is 0 Å². The van der Waals surface area contributed by atoms with Crippen LogP contribution in [0.25, 0.3) is 5.69 Å². The average Bonchev–Trinajstić information content (AvgIpc) is 3.25. The first kappa shape index (κ1) is 18.0. The molecular formula is C18H19F3N4O2. The number of nitrogens with zero attached hydrogens (tertiary/aromatic N) is 4. The van der Waals surface area contributed by atoms with Gasteiger partial charge in [0.15, 0.2) is 5.69 Å². The third-order valence-electron chi connectivity index (χ3n) is 5.11. The Morgan fingerprint density at radius 2 is 2.00 bits per heavy atom. The highest BCUT2D eigenvalue weighted by Gasteiger charge is 2.39. The largest absolute Gasteiger partial charge is 0.435 e. The molecular weight excluding hydrogens is 361 g/mol. The van der Waals surface area contributed by atoms with Gasteiger partial charge in [-0.15, -0.1) is 0 Å². The summed E-state index contributed by atoms with van der Waals surface area (Å²) in [6.45, 7) is 0.731. The van der Waals surface area contributed by atoms with Crippen LogP contribution < -0.4 is 0 Å². The highest BCUT2D eigenvalue weighted by Crippen LogP contribution is 2.36. The number of aromatic nitrogens is 3. The number of β-amino-alcohol motifs (C(OH)–C–C–N with tert-alkyl or cyclic N) is 1. The SMILES string of the molecule is O=C(c1ccc(-n2nc(C(F)(F)F)c3c2CCCC3)cn1)N1CCC(O)C1. The molecule has 27 heavy (non-hydrogen) atoms. The molecule has 2 aliphatic rings. The summed E-state index contributed by atoms with van der Waals surface area (Å²) in [5.74, 6) is -0.295. The average molecular weight is 380 g/mol. The van der Waals surface area contributed by atoms with Crippen LogP contribution in [-0.4, -0.2) is 49.9 Å². The summed E-state index contributed by atoms with van der Waals surface area (Å²) in [6.07, 6.45) is -0.676. The molecule has 1 unspecified atom stereocenters. The fourth-order valence-corrected chi connectivity index (χ4v) is 3.77. The first-order chi connectivity index (χ1) is 12.8. The van der Waals surface area contributed by atoms with E-state index in [1.54, 1.807) is 6.07 Å². The van der Waals surface area contributed by atoms with E-state index in [-0.39, 0.29) is 23.7 Å². The summed E-state index contributed by atoms with van der Waals surface area (Å²) in [5.41, 5.74) is 0.604. The first-order valence-corrected chi connectivity index (χ1v) is 8.96. The van der Waals surface area contributed by atoms with Crippen molar-refractivity contribution < 1.29 is 23.1 Å². The minimum absolute atomic E-state index is 0.199. The summed E-state index contributed by atoms with van der Waals surface area (Å²) in [5, 5.41) is 13.4. The number of carbonyl (C=O) groups is 1. The van der Waals surface area contributed by atoms with Gasteiger partial charge >= 0.3 is 6.18 Å². The van der Waals surface area contributed by atoms with Crippen molar-refractivity contribution in [1.82, 2.24) is 19.7 Å². The molecule has 1 aliphatic carbocycles. The van der Waals surface area contributed by atoms with Crippen molar-refractivity contribution in [2.75, 3.05) is 13.1 Å². The van der Waals surface area contributed by atoms with Gasteiger partial charge in [0.2, 0.25) is 0 Å². The van der Waals surface area contributed by atoms with Gasteiger partial charge in [0.1, 0.15) is 5.69 Å². The summed E-state index contributed by atoms with van der Waals surface area (Å²) in [7, 11) is 0. The van der Waals surface area contributed by atoms with Crippen molar-refractivity contribution in [3.8, 4) is 5.69 Å². The second-order valence-corrected chi connectivity index (χ2v) is 6.99. The van der Waals surface area contributed by atoms with E-state index in [9.17, 15) is 23.1 Å². The minimum Gasteiger partial charge on any atom is -0.391 e. The van der Waals surface area contributed by atoms with E-state index in [1.807, 2.05) is 0 Å². The monoisotopic (exact) mass is 380 g/mol. The maximum absolute atomic E-state index is 13.3. The topological polar surface area (TPSA) is 71.2 Å². The molecule has 1 saturated heterocycles. The summed E-state index contributed by atoms with van der Waals surface area (Å²) < 4.78 is 41.3. The van der Waals surface area contributed by atoms with Crippen molar-refractivity contribution >= 4 is 5.91 Å². The van der Waals surface area contributed by atoms with Crippen LogP contribution in [-0.2, 0) is 19.0 Å². The third-order valence-corrected chi connectivity index (χ3v) is 5.11. The molecule has 4 rings (SSSR count). The number of fused-ring (bicyclic) bond motifs is 1. The van der Waals surface area contributed by atoms with Crippen molar-refractivity contribution in [3.63, 3.8) is 0 Å². The van der Waals surface area contributed by atoms with Gasteiger partial charge in [0.25, 0.3) is 5.91 Å². The van der Waals surface area contributed by atoms with Crippen LogP contribution >= 0.6 is 0 Å². The first-order valence-electron chi connectivity index (χ1n) is 8.96. The lowest BCUT2D eigenvalue weighted by atomic mass is 9.95. The Kier molecular flexibility index (Phi) is 4.41. The lowest BCUT2D eigenvalue weighted by Gasteiger charge is -2.16. The number of hydrogen-bond acceptors (Lipinski definition) is 4. The molecule has 1 N–H and O–H groups in total. The molecule has 1 atom stereocenters. The maximum Gasteiger partial charge on any atom is 0.435 e. The molecule has 0 spiro atoms. The highest BCUT2D eigenvalue weighted by atomic mass is 19.4. The molecule has 144 valence electrons. The van der Waals surface area contributed by atoms with Gasteiger partial charge in [-0.05, 0) is 44.2 Å². The number of aliphatic hydroxyl groups excluding tert-OH is 1. The molecule has 2 aromatic rings. The van der Waals surface area contributed by atoms with Crippen LogP contribution in [0, 0.1) is 0 Å². The number of rotatable bonds is 2. The number of halogens is 3. The fourth-order valence-electron chi connectivity index (χ4n) is 3.77. The smallest absolute Gasteiger partial charge is 0.391 e. The van der Waals surface area contributed by atoms with Gasteiger partial charge in [0.05, 0.1) is 18.0 Å². The van der Waals surface area contributed by atoms with Crippen LogP contribution in [0.3, 0.4) is 0 Å². The van der Waals surface area contributed by atoms with E-state index in [1.165, 1.54) is 21.8 Å². The Hall–Kier alpha value is -2.42. The van der Waals surface area contributed by atoms with E-state index < -0.39 is 18.0 Å². The number of amides is 1. The number of hydrogen-bond donors (Lipinski definition) is 1. The normalized spacial score (nSPS) is 20.0. The zero-order valence-electron chi connectivity index (χ0n) is 14.5. The van der Waals surface area contributed by atoms with Gasteiger partial charge in [-0.25, -0.2) is 9.67 Å². The van der Waals surface area contributed by atoms with Crippen LogP contribution in [0.2, 0.25) is 0 Å². The maximum atomic E-state index is 13.3. The number of pyridine rings is 1. The van der Waals surface area contributed by atoms with E-state index >= 15 is 0 Å². The van der Waals surface area contributed by atoms with Gasteiger partial charge in [-0.3, -0.25) is 4.79 Å². The molecule has 2 aromatic heterocycles. The molecule has 9 heteroatoms. The molecule has 6 nitrogen and oxygen atoms in total. The van der Waals surface area contributed by atoms with E-state index in [4.69, 9.17) is 0 Å². The van der Waals surface area contributed by atoms with E-state index in [0.717, 1.165) is 12.8 Å². The van der Waals surface area contributed by atoms with Gasteiger partial charge in [0, 0.05) is 24.3 Å². The Morgan fingerprint density at radius 3 is 2.63 bits per heavy atom. The quantitative estimate of drug-likeness (QED) is 0.868. The lowest BCUT2D eigenvalue weighted by molar-refractivity contribution is -0.142. The molecule has 0 saturated carbocycles. The second kappa shape index (κ2) is 6.63. The van der Waals surface area contributed by atoms with Crippen molar-refractivity contribution in [1.29, 1.82) is 0 Å². The predicted octanol–water partition coefficient (Wildman–Crippen LogP) is 2.37. The van der Waals surface area contributed by atoms with Crippen molar-refractivity contribution in [3.05, 3.63) is 41.0 Å². The Balaban J connectivity index is 1.65. The van der Waals surface area contributed by atoms with Crippen LogP contribution in [0.1, 0.15) is 46.7 Å². The molecule has 1 aliphatic heterocycles.